The number of hydrogen-bond donors (Lipinski definition) is 0. The van der Waals surface area contributed by atoms with Crippen LogP contribution in [0.2, 0.25) is 0 Å². The molecule has 1 aromatic heterocycles. The normalized spacial score (nSPS) is 44.0. The summed E-state index contributed by atoms with van der Waals surface area (Å²) in [5.74, 6) is 1.39. The fraction of sp³-hybridized carbons (Fsp3) is 0.793. The second kappa shape index (κ2) is 6.91. The molecular formula is C29H41N3O2. The van der Waals surface area contributed by atoms with E-state index in [1.807, 2.05) is 9.36 Å². The van der Waals surface area contributed by atoms with Crippen LogP contribution in [0.1, 0.15) is 110 Å². The van der Waals surface area contributed by atoms with E-state index in [9.17, 15) is 9.59 Å². The molecule has 4 bridgehead atoms. The maximum atomic E-state index is 14.3. The zero-order valence-electron chi connectivity index (χ0n) is 21.3. The lowest BCUT2D eigenvalue weighted by Crippen LogP contribution is -2.62. The van der Waals surface area contributed by atoms with Crippen molar-refractivity contribution in [2.75, 3.05) is 0 Å². The molecule has 184 valence electrons. The van der Waals surface area contributed by atoms with Gasteiger partial charge in [0.25, 0.3) is 0 Å². The molecule has 0 amide bonds. The van der Waals surface area contributed by atoms with Crippen molar-refractivity contribution in [3.8, 4) is 0 Å². The Hall–Kier alpha value is -1.78. The van der Waals surface area contributed by atoms with Crippen LogP contribution in [0, 0.1) is 28.6 Å². The van der Waals surface area contributed by atoms with Gasteiger partial charge in [-0.2, -0.15) is 0 Å². The molecule has 8 rings (SSSR count). The van der Waals surface area contributed by atoms with Crippen LogP contribution in [0.3, 0.4) is 0 Å². The van der Waals surface area contributed by atoms with Crippen molar-refractivity contribution in [3.05, 3.63) is 44.8 Å². The van der Waals surface area contributed by atoms with Gasteiger partial charge in [-0.1, -0.05) is 83.1 Å². The average Bonchev–Trinajstić information content (AvgIpc) is 3.25. The van der Waals surface area contributed by atoms with Gasteiger partial charge in [-0.05, 0) is 55.3 Å². The molecule has 0 saturated heterocycles. The lowest BCUT2D eigenvalue weighted by molar-refractivity contribution is 0.0313. The Morgan fingerprint density at radius 2 is 1.65 bits per heavy atom. The summed E-state index contributed by atoms with van der Waals surface area (Å²) in [5.41, 5.74) is 1.33. The van der Waals surface area contributed by atoms with Crippen molar-refractivity contribution in [1.29, 1.82) is 0 Å². The third-order valence-corrected chi connectivity index (χ3v) is 12.0. The molecular weight excluding hydrogens is 422 g/mol. The largest absolute Gasteiger partial charge is 0.348 e. The first-order chi connectivity index (χ1) is 16.3. The summed E-state index contributed by atoms with van der Waals surface area (Å²) in [6, 6.07) is 0.0309. The highest BCUT2D eigenvalue weighted by Gasteiger charge is 2.64. The number of nitrogens with zero attached hydrogens (tertiary/aromatic N) is 3. The molecule has 5 heteroatoms. The van der Waals surface area contributed by atoms with Crippen molar-refractivity contribution < 1.29 is 0 Å². The van der Waals surface area contributed by atoms with E-state index in [1.54, 1.807) is 10.1 Å². The van der Waals surface area contributed by atoms with Crippen LogP contribution in [0.25, 0.3) is 0 Å². The first-order valence-corrected chi connectivity index (χ1v) is 14.2. The second-order valence-electron chi connectivity index (χ2n) is 13.3. The molecule has 7 atom stereocenters. The molecule has 3 saturated carbocycles. The third-order valence-electron chi connectivity index (χ3n) is 12.0. The monoisotopic (exact) mass is 463 g/mol. The zero-order chi connectivity index (χ0) is 23.5. The van der Waals surface area contributed by atoms with E-state index in [4.69, 9.17) is 0 Å². The topological polar surface area (TPSA) is 48.9 Å². The predicted molar refractivity (Wildman–Crippen MR) is 134 cm³/mol. The summed E-state index contributed by atoms with van der Waals surface area (Å²) >= 11 is 0. The van der Waals surface area contributed by atoms with Gasteiger partial charge in [-0.25, -0.2) is 23.5 Å². The van der Waals surface area contributed by atoms with Crippen molar-refractivity contribution in [2.45, 2.75) is 115 Å². The summed E-state index contributed by atoms with van der Waals surface area (Å²) in [7, 11) is 0. The van der Waals surface area contributed by atoms with E-state index in [1.165, 1.54) is 51.4 Å². The first-order valence-electron chi connectivity index (χ1n) is 14.2. The smallest absolute Gasteiger partial charge is 0.246 e. The van der Waals surface area contributed by atoms with Crippen LogP contribution in [-0.4, -0.2) is 13.9 Å². The highest BCUT2D eigenvalue weighted by molar-refractivity contribution is 5.38. The summed E-state index contributed by atoms with van der Waals surface area (Å²) in [5, 5.41) is 0. The van der Waals surface area contributed by atoms with Crippen LogP contribution in [0.15, 0.2) is 33.4 Å². The minimum Gasteiger partial charge on any atom is -0.246 e. The van der Waals surface area contributed by atoms with Crippen molar-refractivity contribution in [3.63, 3.8) is 0 Å². The predicted octanol–water partition coefficient (Wildman–Crippen LogP) is 5.72. The van der Waals surface area contributed by atoms with Gasteiger partial charge in [0.1, 0.15) is 0 Å². The van der Waals surface area contributed by atoms with Crippen LogP contribution < -0.4 is 11.4 Å². The van der Waals surface area contributed by atoms with E-state index < -0.39 is 0 Å². The molecule has 1 spiro atoms. The Balaban J connectivity index is 1.38. The SMILES string of the molecule is CC1(C)[C@H]2CC[C@@]1(C)[C@H](n1c(=O)n3n(c1=O)[C@@]14C=C[C@H]3[C@@H]3C=C(CCCCCCCCC1)[C@H]34)C2. The summed E-state index contributed by atoms with van der Waals surface area (Å²) in [6.45, 7) is 7.09. The number of allylic oxidation sites excluding steroid dienone is 4. The Morgan fingerprint density at radius 1 is 0.912 bits per heavy atom. The molecule has 7 aliphatic rings. The number of fused-ring (bicyclic) bond motifs is 2. The average molecular weight is 464 g/mol. The van der Waals surface area contributed by atoms with Gasteiger partial charge in [-0.3, -0.25) is 0 Å². The van der Waals surface area contributed by atoms with E-state index in [0.717, 1.165) is 25.7 Å². The molecule has 5 aliphatic carbocycles. The highest BCUT2D eigenvalue weighted by Crippen LogP contribution is 2.69. The van der Waals surface area contributed by atoms with Crippen molar-refractivity contribution in [1.82, 2.24) is 13.9 Å². The van der Waals surface area contributed by atoms with Gasteiger partial charge in [0.05, 0.1) is 11.6 Å². The molecule has 3 heterocycles. The molecule has 3 fully saturated rings. The van der Waals surface area contributed by atoms with Crippen molar-refractivity contribution in [2.24, 2.45) is 28.6 Å². The minimum atomic E-state index is -0.349. The Labute approximate surface area is 202 Å². The number of aromatic nitrogens is 3. The van der Waals surface area contributed by atoms with Crippen LogP contribution in [-0.2, 0) is 5.54 Å². The fourth-order valence-corrected chi connectivity index (χ4v) is 9.60. The summed E-state index contributed by atoms with van der Waals surface area (Å²) in [6.07, 6.45) is 21.5. The molecule has 2 aliphatic heterocycles. The third kappa shape index (κ3) is 2.38. The lowest BCUT2D eigenvalue weighted by atomic mass is 9.55. The van der Waals surface area contributed by atoms with E-state index in [0.29, 0.717) is 17.8 Å². The van der Waals surface area contributed by atoms with Gasteiger partial charge < -0.3 is 0 Å². The van der Waals surface area contributed by atoms with Gasteiger partial charge in [0.15, 0.2) is 0 Å². The van der Waals surface area contributed by atoms with E-state index in [2.05, 4.69) is 39.0 Å². The van der Waals surface area contributed by atoms with Crippen LogP contribution in [0.5, 0.6) is 0 Å². The Kier molecular flexibility index (Phi) is 4.37. The lowest BCUT2D eigenvalue weighted by Gasteiger charge is -2.58. The van der Waals surface area contributed by atoms with Crippen molar-refractivity contribution >= 4 is 0 Å². The number of hydrogen-bond acceptors (Lipinski definition) is 2. The molecule has 0 aromatic carbocycles. The van der Waals surface area contributed by atoms with Crippen LogP contribution >= 0.6 is 0 Å². The quantitative estimate of drug-likeness (QED) is 0.501. The molecule has 1 aromatic rings. The number of rotatable bonds is 1. The molecule has 34 heavy (non-hydrogen) atoms. The molecule has 0 unspecified atom stereocenters. The molecule has 5 nitrogen and oxygen atoms in total. The van der Waals surface area contributed by atoms with Gasteiger partial charge in [-0.15, -0.1) is 0 Å². The molecule has 0 radical (unpaired) electrons. The highest BCUT2D eigenvalue weighted by atomic mass is 16.2. The molecule has 0 N–H and O–H groups in total. The van der Waals surface area contributed by atoms with E-state index in [-0.39, 0.29) is 39.8 Å². The van der Waals surface area contributed by atoms with Crippen LogP contribution in [0.4, 0.5) is 0 Å². The first kappa shape index (κ1) is 21.5. The Bertz CT molecular complexity index is 1210. The van der Waals surface area contributed by atoms with Gasteiger partial charge in [0, 0.05) is 17.9 Å². The second-order valence-corrected chi connectivity index (χ2v) is 13.3. The van der Waals surface area contributed by atoms with Gasteiger partial charge >= 0.3 is 11.4 Å². The maximum absolute atomic E-state index is 14.3. The van der Waals surface area contributed by atoms with E-state index >= 15 is 0 Å². The minimum absolute atomic E-state index is 0.00406. The fourth-order valence-electron chi connectivity index (χ4n) is 9.60. The maximum Gasteiger partial charge on any atom is 0.348 e. The van der Waals surface area contributed by atoms with Gasteiger partial charge in [0.2, 0.25) is 0 Å². The standard InChI is InChI=1S/C29H41N3O2/c1-27(2)20-12-15-28(27,3)23(18-20)30-25(33)31-22-13-16-29(32(31)26(30)34)14-10-8-6-4-5-7-9-11-19-17-21(22)24(19)29/h13,16-17,20-24H,4-12,14-15,18H2,1-3H3/t20-,21-,22-,23+,24+,28-,29+/m0/s1. The Morgan fingerprint density at radius 3 is 2.35 bits per heavy atom. The summed E-state index contributed by atoms with van der Waals surface area (Å²) in [4.78, 5) is 28.4. The zero-order valence-corrected chi connectivity index (χ0v) is 21.3. The summed E-state index contributed by atoms with van der Waals surface area (Å²) < 4.78 is 5.64.